The molecular formula is C23H23Cl2N5O. The Kier molecular flexibility index (Phi) is 6.39. The highest BCUT2D eigenvalue weighted by atomic mass is 35.5. The zero-order valence-corrected chi connectivity index (χ0v) is 18.9. The highest BCUT2D eigenvalue weighted by Crippen LogP contribution is 2.37. The molecule has 1 aromatic heterocycles. The van der Waals surface area contributed by atoms with Gasteiger partial charge in [-0.25, -0.2) is 15.0 Å². The zero-order valence-electron chi connectivity index (χ0n) is 17.4. The predicted octanol–water partition coefficient (Wildman–Crippen LogP) is 4.94. The lowest BCUT2D eigenvalue weighted by Gasteiger charge is -2.33. The molecule has 1 saturated heterocycles. The molecular weight excluding hydrogens is 433 g/mol. The summed E-state index contributed by atoms with van der Waals surface area (Å²) in [6.07, 6.45) is 4.85. The van der Waals surface area contributed by atoms with Crippen molar-refractivity contribution in [1.29, 1.82) is 0 Å². The maximum Gasteiger partial charge on any atom is 0.251 e. The van der Waals surface area contributed by atoms with Gasteiger partial charge in [0.25, 0.3) is 5.91 Å². The Bertz CT molecular complexity index is 1140. The zero-order chi connectivity index (χ0) is 22.0. The summed E-state index contributed by atoms with van der Waals surface area (Å²) in [5.41, 5.74) is 2.76. The van der Waals surface area contributed by atoms with Crippen molar-refractivity contribution in [2.75, 3.05) is 32.1 Å². The first-order valence-corrected chi connectivity index (χ1v) is 10.9. The van der Waals surface area contributed by atoms with Crippen LogP contribution in [0.4, 0.5) is 5.82 Å². The van der Waals surface area contributed by atoms with Gasteiger partial charge >= 0.3 is 0 Å². The van der Waals surface area contributed by atoms with Gasteiger partial charge in [-0.3, -0.25) is 4.79 Å². The summed E-state index contributed by atoms with van der Waals surface area (Å²) in [7, 11) is 3.70. The van der Waals surface area contributed by atoms with Gasteiger partial charge in [-0.15, -0.1) is 0 Å². The van der Waals surface area contributed by atoms with E-state index in [2.05, 4.69) is 19.9 Å². The fourth-order valence-electron chi connectivity index (χ4n) is 3.89. The molecule has 1 aliphatic heterocycles. The van der Waals surface area contributed by atoms with Crippen molar-refractivity contribution in [3.8, 4) is 11.1 Å². The van der Waals surface area contributed by atoms with Crippen molar-refractivity contribution in [2.45, 2.75) is 12.8 Å². The minimum absolute atomic E-state index is 0.0959. The van der Waals surface area contributed by atoms with E-state index in [1.165, 1.54) is 0 Å². The second-order valence-electron chi connectivity index (χ2n) is 7.86. The molecule has 31 heavy (non-hydrogen) atoms. The number of hydrogen-bond acceptors (Lipinski definition) is 4. The van der Waals surface area contributed by atoms with Crippen LogP contribution in [-0.2, 0) is 4.79 Å². The highest BCUT2D eigenvalue weighted by molar-refractivity contribution is 6.42. The Morgan fingerprint density at radius 1 is 1.19 bits per heavy atom. The number of fused-ring (bicyclic) bond motifs is 1. The number of aromatic nitrogens is 2. The highest BCUT2D eigenvalue weighted by Gasteiger charge is 2.28. The molecule has 2 heterocycles. The van der Waals surface area contributed by atoms with Gasteiger partial charge in [-0.05, 0) is 42.2 Å². The monoisotopic (exact) mass is 455 g/mol. The standard InChI is InChI=1S/C23H23Cl2N5O/c1-29(2)14-28-23(31)16-5-4-10-30(12-16)22-21-17(6-3-7-20(21)26-13-27-22)15-8-9-18(24)19(25)11-15/h3,6-9,11,13-14,16H,4-5,10,12H2,1-2H3. The summed E-state index contributed by atoms with van der Waals surface area (Å²) in [6.45, 7) is 1.40. The number of aliphatic imine (C=N–C) groups is 1. The molecule has 0 spiro atoms. The van der Waals surface area contributed by atoms with E-state index in [1.807, 2.05) is 44.4 Å². The average Bonchev–Trinajstić information content (AvgIpc) is 2.78. The quantitative estimate of drug-likeness (QED) is 0.411. The summed E-state index contributed by atoms with van der Waals surface area (Å²) in [4.78, 5) is 29.7. The third-order valence-electron chi connectivity index (χ3n) is 5.36. The molecule has 0 radical (unpaired) electrons. The van der Waals surface area contributed by atoms with E-state index < -0.39 is 0 Å². The maximum atomic E-state index is 12.6. The van der Waals surface area contributed by atoms with Gasteiger partial charge in [0, 0.05) is 27.2 Å². The second kappa shape index (κ2) is 9.20. The van der Waals surface area contributed by atoms with E-state index in [1.54, 1.807) is 23.6 Å². The fourth-order valence-corrected chi connectivity index (χ4v) is 4.18. The smallest absolute Gasteiger partial charge is 0.251 e. The summed E-state index contributed by atoms with van der Waals surface area (Å²) in [5, 5.41) is 1.95. The van der Waals surface area contributed by atoms with Crippen LogP contribution in [0.5, 0.6) is 0 Å². The van der Waals surface area contributed by atoms with Crippen LogP contribution in [0.1, 0.15) is 12.8 Å². The largest absolute Gasteiger partial charge is 0.369 e. The van der Waals surface area contributed by atoms with Crippen molar-refractivity contribution in [3.05, 3.63) is 52.8 Å². The normalized spacial score (nSPS) is 16.8. The van der Waals surface area contributed by atoms with Crippen LogP contribution in [0.2, 0.25) is 10.0 Å². The molecule has 1 fully saturated rings. The van der Waals surface area contributed by atoms with Crippen LogP contribution in [0.25, 0.3) is 22.0 Å². The Labute approximate surface area is 191 Å². The Morgan fingerprint density at radius 2 is 2.03 bits per heavy atom. The van der Waals surface area contributed by atoms with E-state index in [0.29, 0.717) is 16.6 Å². The van der Waals surface area contributed by atoms with Crippen molar-refractivity contribution in [1.82, 2.24) is 14.9 Å². The van der Waals surface area contributed by atoms with Gasteiger partial charge in [-0.2, -0.15) is 0 Å². The molecule has 8 heteroatoms. The third-order valence-corrected chi connectivity index (χ3v) is 6.10. The minimum atomic E-state index is -0.160. The summed E-state index contributed by atoms with van der Waals surface area (Å²) < 4.78 is 0. The number of anilines is 1. The number of hydrogen-bond donors (Lipinski definition) is 0. The number of piperidine rings is 1. The molecule has 1 atom stereocenters. The number of rotatable bonds is 4. The van der Waals surface area contributed by atoms with Crippen molar-refractivity contribution >= 4 is 52.2 Å². The van der Waals surface area contributed by atoms with E-state index in [-0.39, 0.29) is 11.8 Å². The van der Waals surface area contributed by atoms with E-state index in [9.17, 15) is 4.79 Å². The molecule has 1 amide bonds. The number of carbonyl (C=O) groups is 1. The van der Waals surface area contributed by atoms with Gasteiger partial charge in [0.15, 0.2) is 0 Å². The van der Waals surface area contributed by atoms with Crippen LogP contribution >= 0.6 is 23.2 Å². The van der Waals surface area contributed by atoms with Crippen LogP contribution in [0.15, 0.2) is 47.7 Å². The molecule has 0 saturated carbocycles. The topological polar surface area (TPSA) is 61.7 Å². The lowest BCUT2D eigenvalue weighted by molar-refractivity contribution is -0.121. The summed E-state index contributed by atoms with van der Waals surface area (Å²) in [6, 6.07) is 11.6. The molecule has 2 aromatic carbocycles. The predicted molar refractivity (Wildman–Crippen MR) is 127 cm³/mol. The second-order valence-corrected chi connectivity index (χ2v) is 8.67. The van der Waals surface area contributed by atoms with E-state index >= 15 is 0 Å². The number of carbonyl (C=O) groups excluding carboxylic acids is 1. The molecule has 3 aromatic rings. The minimum Gasteiger partial charge on any atom is -0.369 e. The first-order chi connectivity index (χ1) is 14.9. The summed E-state index contributed by atoms with van der Waals surface area (Å²) in [5.74, 6) is 0.564. The van der Waals surface area contributed by atoms with Crippen LogP contribution in [-0.4, -0.2) is 54.3 Å². The van der Waals surface area contributed by atoms with Crippen LogP contribution < -0.4 is 4.90 Å². The van der Waals surface area contributed by atoms with Crippen molar-refractivity contribution < 1.29 is 4.79 Å². The van der Waals surface area contributed by atoms with E-state index in [0.717, 1.165) is 47.2 Å². The lowest BCUT2D eigenvalue weighted by atomic mass is 9.96. The van der Waals surface area contributed by atoms with Gasteiger partial charge in [-0.1, -0.05) is 41.4 Å². The number of nitrogens with zero attached hydrogens (tertiary/aromatic N) is 5. The average molecular weight is 456 g/mol. The molecule has 1 aliphatic rings. The number of halogens is 2. The molecule has 6 nitrogen and oxygen atoms in total. The Hall–Kier alpha value is -2.70. The Morgan fingerprint density at radius 3 is 2.81 bits per heavy atom. The molecule has 160 valence electrons. The van der Waals surface area contributed by atoms with Gasteiger partial charge in [0.2, 0.25) is 0 Å². The SMILES string of the molecule is CN(C)C=NC(=O)C1CCCN(c2ncnc3cccc(-c4ccc(Cl)c(Cl)c4)c23)C1. The Balaban J connectivity index is 1.74. The van der Waals surface area contributed by atoms with Crippen LogP contribution in [0, 0.1) is 5.92 Å². The third kappa shape index (κ3) is 4.65. The number of amides is 1. The molecule has 0 N–H and O–H groups in total. The van der Waals surface area contributed by atoms with Gasteiger partial charge < -0.3 is 9.80 Å². The molecule has 0 bridgehead atoms. The molecule has 0 aliphatic carbocycles. The first kappa shape index (κ1) is 21.5. The molecule has 4 rings (SSSR count). The maximum absolute atomic E-state index is 12.6. The first-order valence-electron chi connectivity index (χ1n) is 10.1. The number of benzene rings is 2. The lowest BCUT2D eigenvalue weighted by Crippen LogP contribution is -2.39. The van der Waals surface area contributed by atoms with E-state index in [4.69, 9.17) is 23.2 Å². The van der Waals surface area contributed by atoms with Gasteiger partial charge in [0.05, 0.1) is 33.2 Å². The van der Waals surface area contributed by atoms with Gasteiger partial charge in [0.1, 0.15) is 12.1 Å². The van der Waals surface area contributed by atoms with Crippen molar-refractivity contribution in [2.24, 2.45) is 10.9 Å². The molecule has 1 unspecified atom stereocenters. The fraction of sp³-hybridized carbons (Fsp3) is 0.304. The van der Waals surface area contributed by atoms with Crippen LogP contribution in [0.3, 0.4) is 0 Å². The summed E-state index contributed by atoms with van der Waals surface area (Å²) >= 11 is 12.4. The van der Waals surface area contributed by atoms with Crippen molar-refractivity contribution in [3.63, 3.8) is 0 Å².